The van der Waals surface area contributed by atoms with Crippen molar-refractivity contribution < 1.29 is 22.4 Å². The average molecular weight is 565 g/mol. The van der Waals surface area contributed by atoms with Gasteiger partial charge < -0.3 is 10.2 Å². The number of rotatable bonds is 6. The lowest BCUT2D eigenvalue weighted by atomic mass is 9.65. The smallest absolute Gasteiger partial charge is 0.244 e. The molecule has 12 heteroatoms. The number of likely N-dealkylation sites (tertiary alicyclic amines) is 1. The van der Waals surface area contributed by atoms with E-state index in [1.54, 1.807) is 12.1 Å². The molecule has 0 bridgehead atoms. The lowest BCUT2D eigenvalue weighted by molar-refractivity contribution is -0.146. The van der Waals surface area contributed by atoms with E-state index in [1.807, 2.05) is 0 Å². The first-order valence-electron chi connectivity index (χ1n) is 11.9. The summed E-state index contributed by atoms with van der Waals surface area (Å²) >= 11 is 12.0. The molecule has 3 fully saturated rings. The number of nitrogens with one attached hydrogen (secondary N) is 1. The zero-order chi connectivity index (χ0) is 26.6. The van der Waals surface area contributed by atoms with Gasteiger partial charge in [-0.1, -0.05) is 41.8 Å². The van der Waals surface area contributed by atoms with Crippen molar-refractivity contribution in [3.8, 4) is 6.07 Å². The molecule has 1 aromatic heterocycles. The summed E-state index contributed by atoms with van der Waals surface area (Å²) in [5, 5.41) is 11.1. The van der Waals surface area contributed by atoms with Gasteiger partial charge in [-0.25, -0.2) is 12.8 Å². The highest BCUT2D eigenvalue weighted by atomic mass is 35.5. The minimum absolute atomic E-state index is 0.0394. The van der Waals surface area contributed by atoms with Crippen molar-refractivity contribution in [2.75, 3.05) is 6.54 Å². The van der Waals surface area contributed by atoms with E-state index in [-0.39, 0.29) is 33.6 Å². The third-order valence-corrected chi connectivity index (χ3v) is 10.4. The Labute approximate surface area is 223 Å². The van der Waals surface area contributed by atoms with Crippen molar-refractivity contribution in [2.45, 2.75) is 65.7 Å². The van der Waals surface area contributed by atoms with Gasteiger partial charge in [0.1, 0.15) is 17.4 Å². The molecule has 194 valence electrons. The maximum Gasteiger partial charge on any atom is 0.244 e. The van der Waals surface area contributed by atoms with Gasteiger partial charge in [-0.3, -0.25) is 14.6 Å². The van der Waals surface area contributed by atoms with Crippen molar-refractivity contribution in [1.29, 1.82) is 5.26 Å². The molecule has 1 N–H and O–H groups in total. The monoisotopic (exact) mass is 564 g/mol. The molecule has 8 nitrogen and oxygen atoms in total. The molecule has 2 amide bonds. The molecule has 5 rings (SSSR count). The minimum Gasteiger partial charge on any atom is -0.336 e. The van der Waals surface area contributed by atoms with Crippen molar-refractivity contribution in [3.05, 3.63) is 58.1 Å². The quantitative estimate of drug-likeness (QED) is 0.572. The second-order valence-corrected chi connectivity index (χ2v) is 12.9. The summed E-state index contributed by atoms with van der Waals surface area (Å²) in [6, 6.07) is 7.99. The molecule has 2 heterocycles. The first-order chi connectivity index (χ1) is 17.5. The summed E-state index contributed by atoms with van der Waals surface area (Å²) in [6.07, 6.45) is 3.26. The van der Waals surface area contributed by atoms with Gasteiger partial charge in [0.15, 0.2) is 9.84 Å². The molecule has 2 aromatic rings. The highest BCUT2D eigenvalue weighted by molar-refractivity contribution is 7.92. The highest BCUT2D eigenvalue weighted by Gasteiger charge is 2.56. The van der Waals surface area contributed by atoms with Gasteiger partial charge in [0.05, 0.1) is 37.4 Å². The number of nitrogens with zero attached hydrogens (tertiary/aromatic N) is 3. The SMILES string of the molecule is N#CC1(NC(=O)[C@@H]2C[C@@H](S(=O)(=O)c3ccccc3Cl)CN2C(=O)C2(c3ncc(Cl)cc3F)CCC2)CC1. The number of pyridine rings is 1. The van der Waals surface area contributed by atoms with Gasteiger partial charge in [-0.15, -0.1) is 0 Å². The average Bonchev–Trinajstić information content (AvgIpc) is 3.44. The summed E-state index contributed by atoms with van der Waals surface area (Å²) in [4.78, 5) is 32.6. The molecular formula is C25H23Cl2FN4O4S. The van der Waals surface area contributed by atoms with Crippen molar-refractivity contribution in [1.82, 2.24) is 15.2 Å². The molecule has 0 radical (unpaired) electrons. The van der Waals surface area contributed by atoms with Crippen LogP contribution in [0, 0.1) is 17.1 Å². The molecular weight excluding hydrogens is 542 g/mol. The molecule has 1 aliphatic heterocycles. The third-order valence-electron chi connectivity index (χ3n) is 7.61. The van der Waals surface area contributed by atoms with E-state index in [2.05, 4.69) is 16.4 Å². The largest absolute Gasteiger partial charge is 0.336 e. The molecule has 2 atom stereocenters. The number of carbonyl (C=O) groups excluding carboxylic acids is 2. The van der Waals surface area contributed by atoms with E-state index in [4.69, 9.17) is 23.2 Å². The second kappa shape index (κ2) is 9.22. The zero-order valence-corrected chi connectivity index (χ0v) is 21.9. The van der Waals surface area contributed by atoms with Crippen LogP contribution >= 0.6 is 23.2 Å². The Kier molecular flexibility index (Phi) is 6.45. The van der Waals surface area contributed by atoms with Crippen LogP contribution in [0.2, 0.25) is 10.0 Å². The molecule has 1 saturated heterocycles. The fourth-order valence-corrected chi connectivity index (χ4v) is 7.55. The van der Waals surface area contributed by atoms with Gasteiger partial charge in [0.2, 0.25) is 11.8 Å². The molecule has 3 aliphatic rings. The predicted octanol–water partition coefficient (Wildman–Crippen LogP) is 3.56. The Hall–Kier alpha value is -2.74. The minimum atomic E-state index is -4.03. The van der Waals surface area contributed by atoms with E-state index in [1.165, 1.54) is 23.2 Å². The Bertz CT molecular complexity index is 1440. The molecule has 1 aromatic carbocycles. The van der Waals surface area contributed by atoms with E-state index in [0.717, 1.165) is 6.07 Å². The Morgan fingerprint density at radius 2 is 1.89 bits per heavy atom. The molecule has 0 spiro atoms. The van der Waals surface area contributed by atoms with Crippen LogP contribution in [0.15, 0.2) is 41.4 Å². The van der Waals surface area contributed by atoms with Crippen LogP contribution in [0.4, 0.5) is 4.39 Å². The number of benzene rings is 1. The highest BCUT2D eigenvalue weighted by Crippen LogP contribution is 2.47. The van der Waals surface area contributed by atoms with Gasteiger partial charge >= 0.3 is 0 Å². The van der Waals surface area contributed by atoms with Crippen LogP contribution in [-0.4, -0.2) is 53.5 Å². The van der Waals surface area contributed by atoms with Crippen LogP contribution in [0.3, 0.4) is 0 Å². The first kappa shape index (κ1) is 25.9. The van der Waals surface area contributed by atoms with Crippen molar-refractivity contribution >= 4 is 44.9 Å². The number of sulfone groups is 1. The zero-order valence-electron chi connectivity index (χ0n) is 19.6. The fraction of sp³-hybridized carbons (Fsp3) is 0.440. The summed E-state index contributed by atoms with van der Waals surface area (Å²) in [5.74, 6) is -1.91. The Morgan fingerprint density at radius 3 is 2.46 bits per heavy atom. The van der Waals surface area contributed by atoms with Crippen molar-refractivity contribution in [3.63, 3.8) is 0 Å². The standard InChI is InChI=1S/C25H23Cl2FN4O4S/c26-15-10-18(28)21(30-12-15)25(6-3-7-25)23(34)32-13-16(37(35,36)20-5-2-1-4-17(20)27)11-19(32)22(33)31-24(14-29)8-9-24/h1-2,4-5,10,12,16,19H,3,6-9,11,13H2,(H,31,33)/t16-,19+/m1/s1. The number of amides is 2. The molecule has 0 unspecified atom stereocenters. The lowest BCUT2D eigenvalue weighted by Gasteiger charge is -2.43. The molecule has 2 aliphatic carbocycles. The van der Waals surface area contributed by atoms with E-state index >= 15 is 0 Å². The number of nitriles is 1. The van der Waals surface area contributed by atoms with Gasteiger partial charge in [0, 0.05) is 12.7 Å². The van der Waals surface area contributed by atoms with Gasteiger partial charge in [0.25, 0.3) is 0 Å². The second-order valence-electron chi connectivity index (χ2n) is 9.91. The van der Waals surface area contributed by atoms with E-state index in [9.17, 15) is 27.7 Å². The molecule has 37 heavy (non-hydrogen) atoms. The van der Waals surface area contributed by atoms with Crippen LogP contribution in [0.1, 0.15) is 44.2 Å². The van der Waals surface area contributed by atoms with Crippen LogP contribution in [0.5, 0.6) is 0 Å². The Morgan fingerprint density at radius 1 is 1.19 bits per heavy atom. The predicted molar refractivity (Wildman–Crippen MR) is 133 cm³/mol. The van der Waals surface area contributed by atoms with Gasteiger partial charge in [-0.05, 0) is 50.3 Å². The fourth-order valence-electron chi connectivity index (χ4n) is 5.18. The maximum atomic E-state index is 14.9. The van der Waals surface area contributed by atoms with Crippen LogP contribution in [-0.2, 0) is 24.8 Å². The summed E-state index contributed by atoms with van der Waals surface area (Å²) < 4.78 is 42.0. The topological polar surface area (TPSA) is 120 Å². The Balaban J connectivity index is 1.52. The van der Waals surface area contributed by atoms with Crippen LogP contribution in [0.25, 0.3) is 0 Å². The number of halogens is 3. The number of hydrogen-bond acceptors (Lipinski definition) is 6. The molecule has 2 saturated carbocycles. The summed E-state index contributed by atoms with van der Waals surface area (Å²) in [7, 11) is -4.03. The van der Waals surface area contributed by atoms with E-state index in [0.29, 0.717) is 32.1 Å². The number of aromatic nitrogens is 1. The number of hydrogen-bond donors (Lipinski definition) is 1. The summed E-state index contributed by atoms with van der Waals surface area (Å²) in [6.45, 7) is -0.277. The number of carbonyl (C=O) groups is 2. The first-order valence-corrected chi connectivity index (χ1v) is 14.2. The summed E-state index contributed by atoms with van der Waals surface area (Å²) in [5.41, 5.74) is -2.41. The van der Waals surface area contributed by atoms with E-state index < -0.39 is 49.7 Å². The van der Waals surface area contributed by atoms with Gasteiger partial charge in [-0.2, -0.15) is 5.26 Å². The lowest BCUT2D eigenvalue weighted by Crippen LogP contribution is -2.57. The van der Waals surface area contributed by atoms with Crippen molar-refractivity contribution in [2.24, 2.45) is 0 Å². The normalized spacial score (nSPS) is 23.6. The third kappa shape index (κ3) is 4.37. The van der Waals surface area contributed by atoms with Crippen LogP contribution < -0.4 is 5.32 Å². The maximum absolute atomic E-state index is 14.9.